The molecule has 0 saturated carbocycles. The first-order valence-corrected chi connectivity index (χ1v) is 8.31. The molecular weight excluding hydrogens is 266 g/mol. The molecule has 0 spiro atoms. The van der Waals surface area contributed by atoms with Gasteiger partial charge >= 0.3 is 0 Å². The molecule has 2 aliphatic rings. The SMILES string of the molecule is COCCN1CCN(CC2CCN(C(C)=O)CC2)C[C@H]1C. The Balaban J connectivity index is 1.70. The van der Waals surface area contributed by atoms with E-state index in [0.717, 1.165) is 58.1 Å². The molecular formula is C16H31N3O2. The van der Waals surface area contributed by atoms with Gasteiger partial charge in [-0.1, -0.05) is 0 Å². The minimum absolute atomic E-state index is 0.230. The van der Waals surface area contributed by atoms with Crippen molar-refractivity contribution >= 4 is 5.91 Å². The Bertz CT molecular complexity index is 329. The van der Waals surface area contributed by atoms with Gasteiger partial charge in [-0.3, -0.25) is 9.69 Å². The van der Waals surface area contributed by atoms with Crippen LogP contribution in [0, 0.1) is 5.92 Å². The summed E-state index contributed by atoms with van der Waals surface area (Å²) in [5.41, 5.74) is 0. The maximum absolute atomic E-state index is 11.4. The van der Waals surface area contributed by atoms with Gasteiger partial charge in [-0.25, -0.2) is 0 Å². The Labute approximate surface area is 129 Å². The van der Waals surface area contributed by atoms with E-state index in [2.05, 4.69) is 16.7 Å². The van der Waals surface area contributed by atoms with Crippen LogP contribution in [0.25, 0.3) is 0 Å². The fraction of sp³-hybridized carbons (Fsp3) is 0.938. The van der Waals surface area contributed by atoms with Gasteiger partial charge in [-0.2, -0.15) is 0 Å². The van der Waals surface area contributed by atoms with Gasteiger partial charge in [0.25, 0.3) is 0 Å². The molecule has 2 saturated heterocycles. The summed E-state index contributed by atoms with van der Waals surface area (Å²) < 4.78 is 5.18. The molecule has 0 aromatic heterocycles. The van der Waals surface area contributed by atoms with Crippen molar-refractivity contribution < 1.29 is 9.53 Å². The molecule has 0 aromatic rings. The van der Waals surface area contributed by atoms with Gasteiger partial charge in [-0.05, 0) is 25.7 Å². The van der Waals surface area contributed by atoms with E-state index in [1.807, 2.05) is 4.90 Å². The lowest BCUT2D eigenvalue weighted by Crippen LogP contribution is -2.54. The number of carbonyl (C=O) groups excluding carboxylic acids is 1. The highest BCUT2D eigenvalue weighted by Crippen LogP contribution is 2.20. The number of amides is 1. The summed E-state index contributed by atoms with van der Waals surface area (Å²) in [6, 6.07) is 0.617. The Morgan fingerprint density at radius 3 is 2.48 bits per heavy atom. The van der Waals surface area contributed by atoms with Crippen molar-refractivity contribution in [2.75, 3.05) is 59.5 Å². The molecule has 0 bridgehead atoms. The second-order valence-corrected chi connectivity index (χ2v) is 6.59. The summed E-state index contributed by atoms with van der Waals surface area (Å²) in [6.45, 7) is 12.5. The molecule has 2 fully saturated rings. The van der Waals surface area contributed by atoms with Crippen molar-refractivity contribution in [2.45, 2.75) is 32.7 Å². The molecule has 5 nitrogen and oxygen atoms in total. The van der Waals surface area contributed by atoms with Crippen molar-refractivity contribution in [2.24, 2.45) is 5.92 Å². The fourth-order valence-electron chi connectivity index (χ4n) is 3.57. The van der Waals surface area contributed by atoms with Crippen LogP contribution in [0.3, 0.4) is 0 Å². The van der Waals surface area contributed by atoms with Crippen molar-refractivity contribution in [3.63, 3.8) is 0 Å². The first-order chi connectivity index (χ1) is 10.1. The highest BCUT2D eigenvalue weighted by molar-refractivity contribution is 5.73. The lowest BCUT2D eigenvalue weighted by molar-refractivity contribution is -0.130. The molecule has 2 aliphatic heterocycles. The standard InChI is InChI=1S/C16H31N3O2/c1-14-12-17(8-9-18(14)10-11-21-3)13-16-4-6-19(7-5-16)15(2)20/h14,16H,4-13H2,1-3H3/t14-/m1/s1. The molecule has 122 valence electrons. The second-order valence-electron chi connectivity index (χ2n) is 6.59. The minimum atomic E-state index is 0.230. The van der Waals surface area contributed by atoms with Crippen LogP contribution in [0.4, 0.5) is 0 Å². The number of hydrogen-bond donors (Lipinski definition) is 0. The Morgan fingerprint density at radius 2 is 1.90 bits per heavy atom. The van der Waals surface area contributed by atoms with E-state index in [-0.39, 0.29) is 5.91 Å². The highest BCUT2D eigenvalue weighted by Gasteiger charge is 2.27. The Hall–Kier alpha value is -0.650. The van der Waals surface area contributed by atoms with E-state index >= 15 is 0 Å². The molecule has 0 unspecified atom stereocenters. The van der Waals surface area contributed by atoms with Gasteiger partial charge in [0.2, 0.25) is 5.91 Å². The van der Waals surface area contributed by atoms with Gasteiger partial charge in [0.15, 0.2) is 0 Å². The van der Waals surface area contributed by atoms with E-state index in [0.29, 0.717) is 6.04 Å². The Morgan fingerprint density at radius 1 is 1.19 bits per heavy atom. The highest BCUT2D eigenvalue weighted by atomic mass is 16.5. The van der Waals surface area contributed by atoms with Crippen molar-refractivity contribution in [3.05, 3.63) is 0 Å². The summed E-state index contributed by atoms with van der Waals surface area (Å²) in [4.78, 5) is 18.5. The van der Waals surface area contributed by atoms with Crippen molar-refractivity contribution in [1.82, 2.24) is 14.7 Å². The van der Waals surface area contributed by atoms with Gasteiger partial charge in [0.1, 0.15) is 0 Å². The molecule has 0 aromatic carbocycles. The Kier molecular flexibility index (Phi) is 6.45. The second kappa shape index (κ2) is 8.11. The number of rotatable bonds is 5. The van der Waals surface area contributed by atoms with Gasteiger partial charge < -0.3 is 14.5 Å². The molecule has 0 radical (unpaired) electrons. The minimum Gasteiger partial charge on any atom is -0.383 e. The summed E-state index contributed by atoms with van der Waals surface area (Å²) in [7, 11) is 1.77. The molecule has 0 N–H and O–H groups in total. The van der Waals surface area contributed by atoms with Gasteiger partial charge in [-0.15, -0.1) is 0 Å². The van der Waals surface area contributed by atoms with E-state index in [1.54, 1.807) is 14.0 Å². The zero-order valence-corrected chi connectivity index (χ0v) is 13.9. The summed E-state index contributed by atoms with van der Waals surface area (Å²) >= 11 is 0. The monoisotopic (exact) mass is 297 g/mol. The molecule has 1 atom stereocenters. The van der Waals surface area contributed by atoms with E-state index < -0.39 is 0 Å². The zero-order valence-electron chi connectivity index (χ0n) is 13.9. The fourth-order valence-corrected chi connectivity index (χ4v) is 3.57. The lowest BCUT2D eigenvalue weighted by atomic mass is 9.95. The van der Waals surface area contributed by atoms with Crippen LogP contribution in [0.5, 0.6) is 0 Å². The zero-order chi connectivity index (χ0) is 15.2. The largest absolute Gasteiger partial charge is 0.383 e. The third-order valence-electron chi connectivity index (χ3n) is 5.01. The van der Waals surface area contributed by atoms with Crippen LogP contribution in [0.15, 0.2) is 0 Å². The predicted octanol–water partition coefficient (Wildman–Crippen LogP) is 0.897. The van der Waals surface area contributed by atoms with Crippen LogP contribution in [-0.2, 0) is 9.53 Å². The van der Waals surface area contributed by atoms with E-state index in [4.69, 9.17) is 4.74 Å². The number of nitrogens with zero attached hydrogens (tertiary/aromatic N) is 3. The third-order valence-corrected chi connectivity index (χ3v) is 5.01. The number of carbonyl (C=O) groups is 1. The van der Waals surface area contributed by atoms with Crippen LogP contribution in [0.1, 0.15) is 26.7 Å². The maximum Gasteiger partial charge on any atom is 0.219 e. The van der Waals surface area contributed by atoms with Crippen molar-refractivity contribution in [1.29, 1.82) is 0 Å². The van der Waals surface area contributed by atoms with Crippen LogP contribution >= 0.6 is 0 Å². The van der Waals surface area contributed by atoms with Crippen LogP contribution in [-0.4, -0.2) is 86.2 Å². The lowest BCUT2D eigenvalue weighted by Gasteiger charge is -2.42. The average Bonchev–Trinajstić information content (AvgIpc) is 2.47. The van der Waals surface area contributed by atoms with Gasteiger partial charge in [0.05, 0.1) is 6.61 Å². The quantitative estimate of drug-likeness (QED) is 0.755. The van der Waals surface area contributed by atoms with Gasteiger partial charge in [0, 0.05) is 65.9 Å². The predicted molar refractivity (Wildman–Crippen MR) is 84.3 cm³/mol. The number of piperazine rings is 1. The number of methoxy groups -OCH3 is 1. The summed E-state index contributed by atoms with van der Waals surface area (Å²) in [6.07, 6.45) is 2.33. The molecule has 2 heterocycles. The van der Waals surface area contributed by atoms with Crippen molar-refractivity contribution in [3.8, 4) is 0 Å². The number of hydrogen-bond acceptors (Lipinski definition) is 4. The third kappa shape index (κ3) is 4.94. The molecule has 21 heavy (non-hydrogen) atoms. The number of likely N-dealkylation sites (tertiary alicyclic amines) is 1. The normalized spacial score (nSPS) is 26.2. The smallest absolute Gasteiger partial charge is 0.219 e. The number of piperidine rings is 1. The first kappa shape index (κ1) is 16.7. The molecule has 1 amide bonds. The first-order valence-electron chi connectivity index (χ1n) is 8.31. The number of ether oxygens (including phenoxy) is 1. The van der Waals surface area contributed by atoms with E-state index in [9.17, 15) is 4.79 Å². The maximum atomic E-state index is 11.4. The molecule has 0 aliphatic carbocycles. The average molecular weight is 297 g/mol. The van der Waals surface area contributed by atoms with E-state index in [1.165, 1.54) is 13.1 Å². The van der Waals surface area contributed by atoms with Crippen LogP contribution < -0.4 is 0 Å². The topological polar surface area (TPSA) is 36.0 Å². The molecule has 5 heteroatoms. The molecule has 2 rings (SSSR count). The van der Waals surface area contributed by atoms with Crippen LogP contribution in [0.2, 0.25) is 0 Å². The summed E-state index contributed by atoms with van der Waals surface area (Å²) in [5.74, 6) is 0.993. The summed E-state index contributed by atoms with van der Waals surface area (Å²) in [5, 5.41) is 0.